The van der Waals surface area contributed by atoms with Crippen LogP contribution in [0.2, 0.25) is 5.02 Å². The highest BCUT2D eigenvalue weighted by Crippen LogP contribution is 2.03. The first-order valence-electron chi connectivity index (χ1n) is 2.75. The summed E-state index contributed by atoms with van der Waals surface area (Å²) >= 11 is 5.54. The van der Waals surface area contributed by atoms with Crippen molar-refractivity contribution in [3.8, 4) is 0 Å². The summed E-state index contributed by atoms with van der Waals surface area (Å²) in [6, 6.07) is 9.44. The van der Waals surface area contributed by atoms with Gasteiger partial charge in [-0.3, -0.25) is 4.57 Å². The van der Waals surface area contributed by atoms with Crippen molar-refractivity contribution in [1.29, 1.82) is 0 Å². The molecule has 0 aromatic heterocycles. The molecule has 0 amide bonds. The molecule has 3 nitrogen and oxygen atoms in total. The minimum absolute atomic E-state index is 0.794. The van der Waals surface area contributed by atoms with Crippen LogP contribution in [-0.4, -0.2) is 9.79 Å². The molecule has 2 N–H and O–H groups in total. The summed E-state index contributed by atoms with van der Waals surface area (Å²) in [6.45, 7) is 0. The zero-order chi connectivity index (χ0) is 8.69. The Balaban J connectivity index is 0.000000218. The molecule has 0 unspecified atom stereocenters. The van der Waals surface area contributed by atoms with Crippen LogP contribution in [0.3, 0.4) is 0 Å². The standard InChI is InChI=1S/C6H5Cl.H3O3P/c7-6-4-2-1-3-5-6;1-4(2)3/h1-5H;4H,(H2,1,2,3). The number of benzene rings is 1. The Morgan fingerprint density at radius 2 is 1.55 bits per heavy atom. The lowest BCUT2D eigenvalue weighted by Gasteiger charge is -1.80. The summed E-state index contributed by atoms with van der Waals surface area (Å²) in [5.74, 6) is 0. The van der Waals surface area contributed by atoms with Crippen LogP contribution in [0.1, 0.15) is 0 Å². The maximum absolute atomic E-state index is 8.74. The first-order chi connectivity index (χ1) is 5.13. The van der Waals surface area contributed by atoms with Crippen LogP contribution in [0.25, 0.3) is 0 Å². The molecular weight excluding hydrogens is 186 g/mol. The van der Waals surface area contributed by atoms with Gasteiger partial charge in [0.15, 0.2) is 0 Å². The highest BCUT2D eigenvalue weighted by atomic mass is 35.5. The van der Waals surface area contributed by atoms with Gasteiger partial charge in [-0.25, -0.2) is 0 Å². The van der Waals surface area contributed by atoms with Gasteiger partial charge >= 0.3 is 8.25 Å². The molecule has 0 saturated carbocycles. The Morgan fingerprint density at radius 3 is 1.73 bits per heavy atom. The zero-order valence-corrected chi connectivity index (χ0v) is 7.32. The van der Waals surface area contributed by atoms with Crippen molar-refractivity contribution in [2.75, 3.05) is 0 Å². The van der Waals surface area contributed by atoms with Crippen LogP contribution in [0, 0.1) is 0 Å². The molecular formula is C6H8ClO3P. The van der Waals surface area contributed by atoms with Gasteiger partial charge in [0.1, 0.15) is 0 Å². The lowest BCUT2D eigenvalue weighted by atomic mass is 10.4. The first-order valence-corrected chi connectivity index (χ1v) is 4.43. The average molecular weight is 195 g/mol. The monoisotopic (exact) mass is 194 g/mol. The van der Waals surface area contributed by atoms with E-state index in [2.05, 4.69) is 0 Å². The van der Waals surface area contributed by atoms with Crippen LogP contribution in [0.4, 0.5) is 0 Å². The summed E-state index contributed by atoms with van der Waals surface area (Å²) in [6.07, 6.45) is 0. The third-order valence-corrected chi connectivity index (χ3v) is 0.985. The molecule has 62 valence electrons. The molecule has 0 fully saturated rings. The van der Waals surface area contributed by atoms with Crippen molar-refractivity contribution in [1.82, 2.24) is 0 Å². The van der Waals surface area contributed by atoms with Gasteiger partial charge in [-0.1, -0.05) is 29.8 Å². The molecule has 1 aromatic rings. The average Bonchev–Trinajstić information content (AvgIpc) is 1.87. The maximum atomic E-state index is 8.74. The zero-order valence-electron chi connectivity index (χ0n) is 5.57. The molecule has 0 bridgehead atoms. The maximum Gasteiger partial charge on any atom is 0.314 e. The summed E-state index contributed by atoms with van der Waals surface area (Å²) in [5.41, 5.74) is 0. The normalized spacial score (nSPS) is 8.73. The first kappa shape index (κ1) is 10.7. The number of halogens is 1. The SMILES string of the molecule is Clc1ccccc1.O=[PH](O)O. The van der Waals surface area contributed by atoms with E-state index in [-0.39, 0.29) is 0 Å². The van der Waals surface area contributed by atoms with Crippen LogP contribution in [-0.2, 0) is 4.57 Å². The van der Waals surface area contributed by atoms with Crippen LogP contribution in [0.5, 0.6) is 0 Å². The molecule has 1 rings (SSSR count). The summed E-state index contributed by atoms with van der Waals surface area (Å²) < 4.78 is 8.74. The van der Waals surface area contributed by atoms with E-state index in [0.717, 1.165) is 5.02 Å². The van der Waals surface area contributed by atoms with Gasteiger partial charge in [0.2, 0.25) is 0 Å². The van der Waals surface area contributed by atoms with Crippen molar-refractivity contribution in [2.24, 2.45) is 0 Å². The molecule has 11 heavy (non-hydrogen) atoms. The molecule has 0 radical (unpaired) electrons. The summed E-state index contributed by atoms with van der Waals surface area (Å²) in [7, 11) is -3.13. The molecule has 0 aliphatic carbocycles. The number of rotatable bonds is 0. The highest BCUT2D eigenvalue weighted by molar-refractivity contribution is 7.30. The third kappa shape index (κ3) is 9.66. The Kier molecular flexibility index (Phi) is 6.18. The van der Waals surface area contributed by atoms with E-state index in [9.17, 15) is 0 Å². The molecule has 5 heteroatoms. The largest absolute Gasteiger partial charge is 0.326 e. The van der Waals surface area contributed by atoms with E-state index < -0.39 is 8.25 Å². The van der Waals surface area contributed by atoms with Gasteiger partial charge in [-0.15, -0.1) is 0 Å². The topological polar surface area (TPSA) is 57.5 Å². The van der Waals surface area contributed by atoms with E-state index in [0.29, 0.717) is 0 Å². The molecule has 0 saturated heterocycles. The summed E-state index contributed by atoms with van der Waals surface area (Å²) in [4.78, 5) is 14.3. The summed E-state index contributed by atoms with van der Waals surface area (Å²) in [5, 5.41) is 0.794. The van der Waals surface area contributed by atoms with Gasteiger partial charge in [-0.05, 0) is 12.1 Å². The predicted molar refractivity (Wildman–Crippen MR) is 44.9 cm³/mol. The number of hydrogen-bond acceptors (Lipinski definition) is 1. The van der Waals surface area contributed by atoms with Crippen molar-refractivity contribution < 1.29 is 14.4 Å². The van der Waals surface area contributed by atoms with E-state index in [1.807, 2.05) is 30.3 Å². The van der Waals surface area contributed by atoms with E-state index >= 15 is 0 Å². The third-order valence-electron chi connectivity index (χ3n) is 0.733. The molecule has 0 atom stereocenters. The van der Waals surface area contributed by atoms with Gasteiger partial charge in [0.05, 0.1) is 0 Å². The predicted octanol–water partition coefficient (Wildman–Crippen LogP) is 1.70. The highest BCUT2D eigenvalue weighted by Gasteiger charge is 1.74. The minimum Gasteiger partial charge on any atom is -0.326 e. The Hall–Kier alpha value is -0.340. The molecule has 0 heterocycles. The second-order valence-electron chi connectivity index (χ2n) is 1.58. The molecule has 1 aromatic carbocycles. The lowest BCUT2D eigenvalue weighted by Crippen LogP contribution is -1.55. The van der Waals surface area contributed by atoms with Gasteiger partial charge in [-0.2, -0.15) is 0 Å². The smallest absolute Gasteiger partial charge is 0.314 e. The fourth-order valence-corrected chi connectivity index (χ4v) is 0.560. The van der Waals surface area contributed by atoms with Crippen LogP contribution < -0.4 is 0 Å². The van der Waals surface area contributed by atoms with E-state index in [1.165, 1.54) is 0 Å². The van der Waals surface area contributed by atoms with E-state index in [4.69, 9.17) is 26.0 Å². The fourth-order valence-electron chi connectivity index (χ4n) is 0.415. The van der Waals surface area contributed by atoms with Crippen molar-refractivity contribution in [2.45, 2.75) is 0 Å². The van der Waals surface area contributed by atoms with Gasteiger partial charge in [0.25, 0.3) is 0 Å². The fraction of sp³-hybridized carbons (Fsp3) is 0. The second-order valence-corrected chi connectivity index (χ2v) is 2.58. The van der Waals surface area contributed by atoms with Crippen molar-refractivity contribution in [3.05, 3.63) is 35.4 Å². The quantitative estimate of drug-likeness (QED) is 0.618. The van der Waals surface area contributed by atoms with Gasteiger partial charge in [0, 0.05) is 5.02 Å². The van der Waals surface area contributed by atoms with Gasteiger partial charge < -0.3 is 9.79 Å². The Morgan fingerprint density at radius 1 is 1.18 bits per heavy atom. The van der Waals surface area contributed by atoms with E-state index in [1.54, 1.807) is 0 Å². The minimum atomic E-state index is -3.13. The molecule has 0 aliphatic heterocycles. The molecule has 0 spiro atoms. The second kappa shape index (κ2) is 6.38. The van der Waals surface area contributed by atoms with Crippen LogP contribution in [0.15, 0.2) is 30.3 Å². The molecule has 0 aliphatic rings. The number of hydrogen-bond donors (Lipinski definition) is 2. The lowest BCUT2D eigenvalue weighted by molar-refractivity contribution is 0.405. The van der Waals surface area contributed by atoms with Crippen LogP contribution >= 0.6 is 19.9 Å². The van der Waals surface area contributed by atoms with Crippen molar-refractivity contribution >= 4 is 19.9 Å². The van der Waals surface area contributed by atoms with Crippen molar-refractivity contribution in [3.63, 3.8) is 0 Å². The Labute approximate surface area is 70.2 Å². The Bertz CT molecular complexity index is 210.